The van der Waals surface area contributed by atoms with Crippen molar-refractivity contribution < 1.29 is 4.74 Å². The van der Waals surface area contributed by atoms with E-state index in [-0.39, 0.29) is 0 Å². The van der Waals surface area contributed by atoms with E-state index in [1.54, 1.807) is 6.20 Å². The molecule has 0 spiro atoms. The van der Waals surface area contributed by atoms with Gasteiger partial charge in [0, 0.05) is 19.1 Å². The molecule has 1 aromatic carbocycles. The molecule has 4 heteroatoms. The van der Waals surface area contributed by atoms with Crippen molar-refractivity contribution in [2.75, 3.05) is 0 Å². The summed E-state index contributed by atoms with van der Waals surface area (Å²) in [6.45, 7) is 5.94. The Morgan fingerprint density at radius 3 is 2.90 bits per heavy atom. The summed E-state index contributed by atoms with van der Waals surface area (Å²) < 4.78 is 7.74. The standard InChI is InChI=1S/C16H21N3O/c1-3-19-11-15(10-18-19)20-16-7-4-13(8-12(16)2)9-17-14-5-6-14/h4,7-8,10-11,14,17H,3,5-6,9H2,1-2H3. The monoisotopic (exact) mass is 271 g/mol. The Kier molecular flexibility index (Phi) is 3.74. The van der Waals surface area contributed by atoms with Crippen LogP contribution in [0.2, 0.25) is 0 Å². The summed E-state index contributed by atoms with van der Waals surface area (Å²) in [7, 11) is 0. The average molecular weight is 271 g/mol. The molecule has 0 amide bonds. The van der Waals surface area contributed by atoms with Gasteiger partial charge < -0.3 is 10.1 Å². The Morgan fingerprint density at radius 1 is 1.40 bits per heavy atom. The molecule has 1 fully saturated rings. The third-order valence-corrected chi connectivity index (χ3v) is 3.57. The normalized spacial score (nSPS) is 14.5. The van der Waals surface area contributed by atoms with Gasteiger partial charge >= 0.3 is 0 Å². The van der Waals surface area contributed by atoms with Crippen LogP contribution in [0.15, 0.2) is 30.6 Å². The first-order valence-electron chi connectivity index (χ1n) is 7.28. The van der Waals surface area contributed by atoms with E-state index in [2.05, 4.69) is 36.4 Å². The van der Waals surface area contributed by atoms with Gasteiger partial charge in [-0.05, 0) is 43.9 Å². The molecule has 0 unspecified atom stereocenters. The number of ether oxygens (including phenoxy) is 1. The van der Waals surface area contributed by atoms with Crippen molar-refractivity contribution in [3.8, 4) is 11.5 Å². The van der Waals surface area contributed by atoms with Crippen LogP contribution in [-0.2, 0) is 13.1 Å². The number of aromatic nitrogens is 2. The van der Waals surface area contributed by atoms with Crippen molar-refractivity contribution in [3.05, 3.63) is 41.7 Å². The van der Waals surface area contributed by atoms with Gasteiger partial charge in [-0.25, -0.2) is 0 Å². The van der Waals surface area contributed by atoms with Crippen LogP contribution in [0.4, 0.5) is 0 Å². The van der Waals surface area contributed by atoms with E-state index >= 15 is 0 Å². The highest BCUT2D eigenvalue weighted by Gasteiger charge is 2.19. The van der Waals surface area contributed by atoms with Gasteiger partial charge in [-0.1, -0.05) is 12.1 Å². The van der Waals surface area contributed by atoms with Crippen molar-refractivity contribution in [1.82, 2.24) is 15.1 Å². The lowest BCUT2D eigenvalue weighted by Gasteiger charge is -2.09. The lowest BCUT2D eigenvalue weighted by Crippen LogP contribution is -2.15. The highest BCUT2D eigenvalue weighted by atomic mass is 16.5. The Morgan fingerprint density at radius 2 is 2.25 bits per heavy atom. The van der Waals surface area contributed by atoms with E-state index in [9.17, 15) is 0 Å². The molecule has 4 nitrogen and oxygen atoms in total. The molecule has 1 saturated carbocycles. The number of aryl methyl sites for hydroxylation is 2. The fraction of sp³-hybridized carbons (Fsp3) is 0.438. The number of rotatable bonds is 6. The lowest BCUT2D eigenvalue weighted by molar-refractivity contribution is 0.477. The number of hydrogen-bond donors (Lipinski definition) is 1. The van der Waals surface area contributed by atoms with Crippen LogP contribution in [0, 0.1) is 6.92 Å². The van der Waals surface area contributed by atoms with Crippen LogP contribution in [-0.4, -0.2) is 15.8 Å². The second-order valence-electron chi connectivity index (χ2n) is 5.39. The maximum Gasteiger partial charge on any atom is 0.165 e. The molecule has 1 N–H and O–H groups in total. The minimum Gasteiger partial charge on any atom is -0.454 e. The Labute approximate surface area is 119 Å². The first-order valence-corrected chi connectivity index (χ1v) is 7.28. The number of hydrogen-bond acceptors (Lipinski definition) is 3. The molecule has 0 bridgehead atoms. The molecule has 0 atom stereocenters. The number of nitrogens with one attached hydrogen (secondary N) is 1. The highest BCUT2D eigenvalue weighted by molar-refractivity contribution is 5.38. The maximum absolute atomic E-state index is 5.88. The Balaban J connectivity index is 1.66. The topological polar surface area (TPSA) is 39.1 Å². The van der Waals surface area contributed by atoms with E-state index in [1.807, 2.05) is 16.9 Å². The molecule has 0 saturated heterocycles. The molecular formula is C16H21N3O. The first kappa shape index (κ1) is 13.2. The third-order valence-electron chi connectivity index (χ3n) is 3.57. The molecule has 106 valence electrons. The smallest absolute Gasteiger partial charge is 0.165 e. The van der Waals surface area contributed by atoms with Crippen molar-refractivity contribution in [2.45, 2.75) is 45.8 Å². The van der Waals surface area contributed by atoms with Crippen LogP contribution in [0.1, 0.15) is 30.9 Å². The van der Waals surface area contributed by atoms with Crippen molar-refractivity contribution in [2.24, 2.45) is 0 Å². The van der Waals surface area contributed by atoms with E-state index in [0.29, 0.717) is 0 Å². The first-order chi connectivity index (χ1) is 9.74. The summed E-state index contributed by atoms with van der Waals surface area (Å²) in [6.07, 6.45) is 6.32. The van der Waals surface area contributed by atoms with Gasteiger partial charge in [-0.15, -0.1) is 0 Å². The largest absolute Gasteiger partial charge is 0.454 e. The van der Waals surface area contributed by atoms with Gasteiger partial charge in [0.15, 0.2) is 5.75 Å². The van der Waals surface area contributed by atoms with Gasteiger partial charge in [0.25, 0.3) is 0 Å². The molecule has 2 aromatic rings. The molecule has 0 radical (unpaired) electrons. The zero-order valence-electron chi connectivity index (χ0n) is 12.1. The summed E-state index contributed by atoms with van der Waals surface area (Å²) in [4.78, 5) is 0. The van der Waals surface area contributed by atoms with Gasteiger partial charge in [0.1, 0.15) is 5.75 Å². The van der Waals surface area contributed by atoms with Crippen LogP contribution in [0.3, 0.4) is 0 Å². The fourth-order valence-electron chi connectivity index (χ4n) is 2.18. The van der Waals surface area contributed by atoms with Gasteiger partial charge in [-0.2, -0.15) is 5.10 Å². The minimum atomic E-state index is 0.742. The average Bonchev–Trinajstić information content (AvgIpc) is 3.17. The molecule has 1 heterocycles. The van der Waals surface area contributed by atoms with Crippen molar-refractivity contribution in [3.63, 3.8) is 0 Å². The summed E-state index contributed by atoms with van der Waals surface area (Å²) in [6, 6.07) is 7.10. The molecular weight excluding hydrogens is 250 g/mol. The van der Waals surface area contributed by atoms with Gasteiger partial charge in [-0.3, -0.25) is 4.68 Å². The minimum absolute atomic E-state index is 0.742. The molecule has 3 rings (SSSR count). The molecule has 1 aliphatic carbocycles. The quantitative estimate of drug-likeness (QED) is 0.876. The summed E-state index contributed by atoms with van der Waals surface area (Å²) in [5.41, 5.74) is 2.47. The van der Waals surface area contributed by atoms with Crippen LogP contribution in [0.25, 0.3) is 0 Å². The van der Waals surface area contributed by atoms with Gasteiger partial charge in [0.05, 0.1) is 12.4 Å². The number of benzene rings is 1. The molecule has 20 heavy (non-hydrogen) atoms. The Hall–Kier alpha value is -1.81. The van der Waals surface area contributed by atoms with E-state index < -0.39 is 0 Å². The summed E-state index contributed by atoms with van der Waals surface area (Å²) in [5, 5.41) is 7.74. The molecule has 1 aliphatic rings. The predicted molar refractivity (Wildman–Crippen MR) is 79.0 cm³/mol. The van der Waals surface area contributed by atoms with Crippen LogP contribution < -0.4 is 10.1 Å². The molecule has 1 aromatic heterocycles. The Bertz CT molecular complexity index is 587. The van der Waals surface area contributed by atoms with Gasteiger partial charge in [0.2, 0.25) is 0 Å². The highest BCUT2D eigenvalue weighted by Crippen LogP contribution is 2.26. The van der Waals surface area contributed by atoms with Crippen molar-refractivity contribution >= 4 is 0 Å². The maximum atomic E-state index is 5.88. The van der Waals surface area contributed by atoms with Crippen LogP contribution >= 0.6 is 0 Å². The fourth-order valence-corrected chi connectivity index (χ4v) is 2.18. The lowest BCUT2D eigenvalue weighted by atomic mass is 10.1. The number of nitrogens with zero attached hydrogens (tertiary/aromatic N) is 2. The van der Waals surface area contributed by atoms with Crippen molar-refractivity contribution in [1.29, 1.82) is 0 Å². The zero-order chi connectivity index (χ0) is 13.9. The van der Waals surface area contributed by atoms with Crippen LogP contribution in [0.5, 0.6) is 11.5 Å². The molecule has 0 aliphatic heterocycles. The van der Waals surface area contributed by atoms with E-state index in [4.69, 9.17) is 4.74 Å². The van der Waals surface area contributed by atoms with E-state index in [0.717, 1.165) is 36.2 Å². The summed E-state index contributed by atoms with van der Waals surface area (Å²) in [5.74, 6) is 1.69. The SMILES string of the molecule is CCn1cc(Oc2ccc(CNC3CC3)cc2C)cn1. The summed E-state index contributed by atoms with van der Waals surface area (Å²) >= 11 is 0. The second-order valence-corrected chi connectivity index (χ2v) is 5.39. The zero-order valence-corrected chi connectivity index (χ0v) is 12.1. The third kappa shape index (κ3) is 3.20. The van der Waals surface area contributed by atoms with E-state index in [1.165, 1.54) is 18.4 Å². The second kappa shape index (κ2) is 5.67. The predicted octanol–water partition coefficient (Wildman–Crippen LogP) is 3.26.